The molecule has 2 aliphatic heterocycles. The number of aliphatic carboxylic acids is 1. The molecule has 1 saturated heterocycles. The lowest BCUT2D eigenvalue weighted by atomic mass is 10.1. The van der Waals surface area contributed by atoms with Crippen molar-refractivity contribution in [2.45, 2.75) is 32.1 Å². The second-order valence-corrected chi connectivity index (χ2v) is 8.37. The van der Waals surface area contributed by atoms with Crippen LogP contribution in [0, 0.1) is 0 Å². The quantitative estimate of drug-likeness (QED) is 0.601. The monoisotopic (exact) mass is 545 g/mol. The van der Waals surface area contributed by atoms with Crippen molar-refractivity contribution in [2.24, 2.45) is 0 Å². The molecular formula is C21H23BrF3N5O4. The molecule has 1 fully saturated rings. The van der Waals surface area contributed by atoms with Crippen molar-refractivity contribution < 1.29 is 32.6 Å². The van der Waals surface area contributed by atoms with E-state index in [1.54, 1.807) is 6.33 Å². The van der Waals surface area contributed by atoms with Crippen molar-refractivity contribution in [1.29, 1.82) is 0 Å². The lowest BCUT2D eigenvalue weighted by Gasteiger charge is -2.38. The van der Waals surface area contributed by atoms with Crippen LogP contribution in [0.4, 0.5) is 30.5 Å². The van der Waals surface area contributed by atoms with E-state index in [1.807, 2.05) is 36.1 Å². The highest BCUT2D eigenvalue weighted by molar-refractivity contribution is 9.10. The molecule has 1 unspecified atom stereocenters. The number of amides is 1. The number of rotatable bonds is 4. The van der Waals surface area contributed by atoms with E-state index in [0.29, 0.717) is 26.2 Å². The number of halogens is 4. The molecule has 2 aliphatic rings. The van der Waals surface area contributed by atoms with Gasteiger partial charge in [-0.05, 0) is 24.1 Å². The zero-order valence-corrected chi connectivity index (χ0v) is 19.8. The maximum Gasteiger partial charge on any atom is 0.490 e. The van der Waals surface area contributed by atoms with Gasteiger partial charge in [0.25, 0.3) is 0 Å². The third-order valence-electron chi connectivity index (χ3n) is 5.16. The Balaban J connectivity index is 0.000000406. The molecule has 0 aliphatic carbocycles. The summed E-state index contributed by atoms with van der Waals surface area (Å²) in [6, 6.07) is 7.76. The normalized spacial score (nSPS) is 17.9. The summed E-state index contributed by atoms with van der Waals surface area (Å²) >= 11 is 3.46. The number of fused-ring (bicyclic) bond motifs is 1. The van der Waals surface area contributed by atoms with E-state index in [9.17, 15) is 18.0 Å². The average molecular weight is 546 g/mol. The number of carboxylic acids is 1. The third kappa shape index (κ3) is 6.14. The van der Waals surface area contributed by atoms with Gasteiger partial charge < -0.3 is 20.1 Å². The first kappa shape index (κ1) is 25.7. The predicted molar refractivity (Wildman–Crippen MR) is 122 cm³/mol. The number of ether oxygens (including phenoxy) is 1. The van der Waals surface area contributed by atoms with E-state index in [2.05, 4.69) is 36.1 Å². The Morgan fingerprint density at radius 3 is 2.41 bits per heavy atom. The average Bonchev–Trinajstić information content (AvgIpc) is 2.82. The van der Waals surface area contributed by atoms with E-state index in [1.165, 1.54) is 0 Å². The van der Waals surface area contributed by atoms with Gasteiger partial charge in [0.2, 0.25) is 5.91 Å². The van der Waals surface area contributed by atoms with Crippen LogP contribution in [0.15, 0.2) is 35.1 Å². The van der Waals surface area contributed by atoms with Gasteiger partial charge in [-0.25, -0.2) is 14.8 Å². The smallest absolute Gasteiger partial charge is 0.475 e. The highest BCUT2D eigenvalue weighted by Crippen LogP contribution is 2.38. The Hall–Kier alpha value is -2.93. The molecule has 0 spiro atoms. The number of carboxylic acid groups (broad SMARTS) is 1. The van der Waals surface area contributed by atoms with Crippen molar-refractivity contribution in [2.75, 3.05) is 41.4 Å². The van der Waals surface area contributed by atoms with Crippen LogP contribution in [0.5, 0.6) is 0 Å². The fourth-order valence-electron chi connectivity index (χ4n) is 3.46. The molecule has 1 aromatic heterocycles. The second-order valence-electron chi connectivity index (χ2n) is 7.45. The fraction of sp³-hybridized carbons (Fsp3) is 0.429. The first-order valence-corrected chi connectivity index (χ1v) is 11.2. The molecule has 0 bridgehead atoms. The molecule has 184 valence electrons. The van der Waals surface area contributed by atoms with E-state index in [4.69, 9.17) is 14.6 Å². The summed E-state index contributed by atoms with van der Waals surface area (Å²) in [6.45, 7) is 5.31. The summed E-state index contributed by atoms with van der Waals surface area (Å²) in [5.74, 6) is -1.20. The lowest BCUT2D eigenvalue weighted by molar-refractivity contribution is -0.192. The van der Waals surface area contributed by atoms with Crippen molar-refractivity contribution in [3.8, 4) is 0 Å². The van der Waals surface area contributed by atoms with Crippen molar-refractivity contribution in [1.82, 2.24) is 9.97 Å². The van der Waals surface area contributed by atoms with E-state index >= 15 is 0 Å². The van der Waals surface area contributed by atoms with Crippen LogP contribution in [0.3, 0.4) is 0 Å². The van der Waals surface area contributed by atoms with Gasteiger partial charge in [-0.1, -0.05) is 35.0 Å². The summed E-state index contributed by atoms with van der Waals surface area (Å²) in [5.41, 5.74) is 1.82. The molecule has 0 radical (unpaired) electrons. The van der Waals surface area contributed by atoms with Crippen LogP contribution in [0.2, 0.25) is 0 Å². The van der Waals surface area contributed by atoms with Crippen LogP contribution in [0.1, 0.15) is 18.9 Å². The number of morpholine rings is 1. The number of hydrogen-bond acceptors (Lipinski definition) is 7. The van der Waals surface area contributed by atoms with Gasteiger partial charge in [-0.15, -0.1) is 0 Å². The number of anilines is 3. The summed E-state index contributed by atoms with van der Waals surface area (Å²) in [7, 11) is 0. The summed E-state index contributed by atoms with van der Waals surface area (Å²) in [4.78, 5) is 35.0. The van der Waals surface area contributed by atoms with Crippen molar-refractivity contribution >= 4 is 45.1 Å². The van der Waals surface area contributed by atoms with E-state index in [-0.39, 0.29) is 11.9 Å². The van der Waals surface area contributed by atoms with Gasteiger partial charge in [0.15, 0.2) is 11.6 Å². The first-order valence-electron chi connectivity index (χ1n) is 10.4. The van der Waals surface area contributed by atoms with Crippen molar-refractivity contribution in [3.63, 3.8) is 0 Å². The van der Waals surface area contributed by atoms with Gasteiger partial charge >= 0.3 is 12.1 Å². The first-order chi connectivity index (χ1) is 16.1. The fourth-order valence-corrected chi connectivity index (χ4v) is 3.73. The molecule has 3 heterocycles. The van der Waals surface area contributed by atoms with Gasteiger partial charge in [-0.3, -0.25) is 9.69 Å². The number of hydrogen-bond donors (Lipinski definition) is 2. The van der Waals surface area contributed by atoms with Crippen LogP contribution in [-0.4, -0.2) is 65.5 Å². The Morgan fingerprint density at radius 1 is 1.24 bits per heavy atom. The molecule has 34 heavy (non-hydrogen) atoms. The standard InChI is InChI=1S/C19H22BrN5O2.C2HF3O2/c1-2-15-19(26)25(11-13-3-5-14(20)6-4-13)16-17(23-15)21-12-22-18(16)24-7-9-27-10-8-24;3-2(4,5)1(6)7/h3-6,12,15H,2,7-11H2,1H3,(H,21,22,23);(H,6,7). The Kier molecular flexibility index (Phi) is 8.31. The molecule has 2 N–H and O–H groups in total. The summed E-state index contributed by atoms with van der Waals surface area (Å²) in [5, 5.41) is 10.4. The van der Waals surface area contributed by atoms with E-state index in [0.717, 1.165) is 40.4 Å². The largest absolute Gasteiger partial charge is 0.490 e. The second kappa shape index (κ2) is 11.0. The minimum absolute atomic E-state index is 0.0530. The Labute approximate surface area is 202 Å². The van der Waals surface area contributed by atoms with Crippen LogP contribution < -0.4 is 15.1 Å². The topological polar surface area (TPSA) is 108 Å². The molecule has 0 saturated carbocycles. The van der Waals surface area contributed by atoms with Crippen LogP contribution in [0.25, 0.3) is 0 Å². The SMILES string of the molecule is CCC1Nc2ncnc(N3CCOCC3)c2N(Cc2ccc(Br)cc2)C1=O.O=C(O)C(F)(F)F. The van der Waals surface area contributed by atoms with Gasteiger partial charge in [-0.2, -0.15) is 13.2 Å². The maximum absolute atomic E-state index is 13.2. The zero-order chi connectivity index (χ0) is 24.9. The minimum atomic E-state index is -5.08. The highest BCUT2D eigenvalue weighted by atomic mass is 79.9. The summed E-state index contributed by atoms with van der Waals surface area (Å²) in [6.07, 6.45) is -2.82. The zero-order valence-electron chi connectivity index (χ0n) is 18.2. The van der Waals surface area contributed by atoms with Crippen LogP contribution in [-0.2, 0) is 20.9 Å². The molecule has 13 heteroatoms. The number of benzene rings is 1. The lowest BCUT2D eigenvalue weighted by Crippen LogP contribution is -2.48. The minimum Gasteiger partial charge on any atom is -0.475 e. The Bertz CT molecular complexity index is 1020. The molecular weight excluding hydrogens is 523 g/mol. The predicted octanol–water partition coefficient (Wildman–Crippen LogP) is 3.45. The molecule has 1 amide bonds. The number of nitrogens with one attached hydrogen (secondary N) is 1. The molecule has 1 atom stereocenters. The Morgan fingerprint density at radius 2 is 1.85 bits per heavy atom. The summed E-state index contributed by atoms with van der Waals surface area (Å²) < 4.78 is 38.2. The third-order valence-corrected chi connectivity index (χ3v) is 5.69. The number of nitrogens with zero attached hydrogens (tertiary/aromatic N) is 4. The molecule has 1 aromatic carbocycles. The van der Waals surface area contributed by atoms with Crippen molar-refractivity contribution in [3.05, 3.63) is 40.6 Å². The maximum atomic E-state index is 13.2. The number of carbonyl (C=O) groups excluding carboxylic acids is 1. The van der Waals surface area contributed by atoms with Gasteiger partial charge in [0.1, 0.15) is 18.1 Å². The van der Waals surface area contributed by atoms with Gasteiger partial charge in [0.05, 0.1) is 19.8 Å². The molecule has 9 nitrogen and oxygen atoms in total. The number of alkyl halides is 3. The van der Waals surface area contributed by atoms with Gasteiger partial charge in [0, 0.05) is 17.6 Å². The highest BCUT2D eigenvalue weighted by Gasteiger charge is 2.38. The molecule has 4 rings (SSSR count). The molecule has 2 aromatic rings. The number of carbonyl (C=O) groups is 2. The van der Waals surface area contributed by atoms with Crippen LogP contribution >= 0.6 is 15.9 Å². The number of aromatic nitrogens is 2. The van der Waals surface area contributed by atoms with E-state index < -0.39 is 12.1 Å².